The Labute approximate surface area is 170 Å². The van der Waals surface area contributed by atoms with Gasteiger partial charge in [0.15, 0.2) is 0 Å². The molecule has 144 valence electrons. The molecule has 0 radical (unpaired) electrons. The zero-order valence-corrected chi connectivity index (χ0v) is 16.4. The van der Waals surface area contributed by atoms with Gasteiger partial charge in [0.05, 0.1) is 11.3 Å². The fraction of sp³-hybridized carbons (Fsp3) is 0.211. The molecule has 28 heavy (non-hydrogen) atoms. The highest BCUT2D eigenvalue weighted by Gasteiger charge is 2.50. The van der Waals surface area contributed by atoms with E-state index < -0.39 is 35.8 Å². The molecule has 1 aromatic rings. The fourth-order valence-electron chi connectivity index (χ4n) is 2.93. The largest absolute Gasteiger partial charge is 0.480 e. The standard InChI is InChI=1S/C19H16N2O5S2/c1-11(18(25)26)20-15(22)10-13(16(20)23)21-17(24)14(28-19(21)27)9-5-8-12-6-3-2-4-7-12/h2-9,11,13H,10H2,1H3,(H,25,26)/b8-5+,14-9-/t11-,13-/m0/s1. The molecule has 9 heteroatoms. The number of thiocarbonyl (C=S) groups is 1. The summed E-state index contributed by atoms with van der Waals surface area (Å²) >= 11 is 6.27. The molecule has 0 saturated carbocycles. The highest BCUT2D eigenvalue weighted by atomic mass is 32.2. The Kier molecular flexibility index (Phi) is 5.76. The van der Waals surface area contributed by atoms with E-state index >= 15 is 0 Å². The lowest BCUT2D eigenvalue weighted by molar-refractivity contribution is -0.154. The van der Waals surface area contributed by atoms with Crippen LogP contribution in [0.1, 0.15) is 18.9 Å². The van der Waals surface area contributed by atoms with Gasteiger partial charge in [-0.05, 0) is 18.6 Å². The van der Waals surface area contributed by atoms with Crippen molar-refractivity contribution in [2.24, 2.45) is 0 Å². The van der Waals surface area contributed by atoms with Crippen molar-refractivity contribution in [2.75, 3.05) is 0 Å². The van der Waals surface area contributed by atoms with E-state index in [0.29, 0.717) is 9.81 Å². The third kappa shape index (κ3) is 3.76. The summed E-state index contributed by atoms with van der Waals surface area (Å²) in [5.74, 6) is -3.12. The monoisotopic (exact) mass is 416 g/mol. The second-order valence-corrected chi connectivity index (χ2v) is 7.86. The Morgan fingerprint density at radius 1 is 1.29 bits per heavy atom. The van der Waals surface area contributed by atoms with Gasteiger partial charge in [-0.2, -0.15) is 0 Å². The summed E-state index contributed by atoms with van der Waals surface area (Å²) in [6, 6.07) is 7.11. The normalized spacial score (nSPS) is 22.8. The van der Waals surface area contributed by atoms with Crippen LogP contribution in [0, 0.1) is 0 Å². The number of imide groups is 1. The van der Waals surface area contributed by atoms with E-state index in [0.717, 1.165) is 22.2 Å². The molecule has 0 bridgehead atoms. The lowest BCUT2D eigenvalue weighted by Crippen LogP contribution is -2.48. The number of hydrogen-bond acceptors (Lipinski definition) is 6. The molecular formula is C19H16N2O5S2. The molecule has 1 N–H and O–H groups in total. The van der Waals surface area contributed by atoms with Crippen LogP contribution in [0.25, 0.3) is 6.08 Å². The van der Waals surface area contributed by atoms with Crippen molar-refractivity contribution in [1.82, 2.24) is 9.80 Å². The maximum atomic E-state index is 12.7. The number of aliphatic carboxylic acids is 1. The number of amides is 3. The van der Waals surface area contributed by atoms with E-state index in [1.54, 1.807) is 12.2 Å². The van der Waals surface area contributed by atoms with Crippen molar-refractivity contribution >= 4 is 58.1 Å². The third-order valence-electron chi connectivity index (χ3n) is 4.37. The lowest BCUT2D eigenvalue weighted by Gasteiger charge is -2.23. The molecule has 0 aromatic heterocycles. The van der Waals surface area contributed by atoms with Gasteiger partial charge in [0.25, 0.3) is 11.8 Å². The minimum Gasteiger partial charge on any atom is -0.480 e. The van der Waals surface area contributed by atoms with Gasteiger partial charge in [0, 0.05) is 0 Å². The van der Waals surface area contributed by atoms with E-state index in [2.05, 4.69) is 0 Å². The number of carbonyl (C=O) groups is 4. The summed E-state index contributed by atoms with van der Waals surface area (Å²) in [6.45, 7) is 1.25. The number of carboxylic acid groups (broad SMARTS) is 1. The Balaban J connectivity index is 1.78. The van der Waals surface area contributed by atoms with Crippen LogP contribution >= 0.6 is 24.0 Å². The zero-order valence-electron chi connectivity index (χ0n) is 14.8. The second kappa shape index (κ2) is 8.07. The average molecular weight is 416 g/mol. The molecule has 2 aliphatic heterocycles. The highest BCUT2D eigenvalue weighted by molar-refractivity contribution is 8.26. The molecular weight excluding hydrogens is 400 g/mol. The van der Waals surface area contributed by atoms with Gasteiger partial charge in [-0.3, -0.25) is 24.2 Å². The molecule has 2 heterocycles. The van der Waals surface area contributed by atoms with Crippen molar-refractivity contribution < 1.29 is 24.3 Å². The van der Waals surface area contributed by atoms with Crippen LogP contribution in [0.3, 0.4) is 0 Å². The molecule has 0 aliphatic carbocycles. The van der Waals surface area contributed by atoms with E-state index in [1.165, 1.54) is 6.92 Å². The molecule has 1 aromatic carbocycles. The molecule has 2 saturated heterocycles. The number of rotatable bonds is 5. The van der Waals surface area contributed by atoms with Gasteiger partial charge >= 0.3 is 5.97 Å². The molecule has 3 rings (SSSR count). The Morgan fingerprint density at radius 3 is 2.61 bits per heavy atom. The quantitative estimate of drug-likeness (QED) is 0.446. The molecule has 2 aliphatic rings. The van der Waals surface area contributed by atoms with Gasteiger partial charge in [0.2, 0.25) is 5.91 Å². The Bertz CT molecular complexity index is 926. The maximum Gasteiger partial charge on any atom is 0.326 e. The molecule has 3 amide bonds. The molecule has 0 spiro atoms. The van der Waals surface area contributed by atoms with Crippen LogP contribution in [0.15, 0.2) is 47.4 Å². The van der Waals surface area contributed by atoms with Crippen molar-refractivity contribution in [1.29, 1.82) is 0 Å². The summed E-state index contributed by atoms with van der Waals surface area (Å²) in [6.07, 6.45) is 4.86. The van der Waals surface area contributed by atoms with Crippen LogP contribution in [-0.4, -0.2) is 55.0 Å². The number of allylic oxidation sites excluding steroid dienone is 2. The number of carbonyl (C=O) groups excluding carboxylic acids is 3. The molecule has 7 nitrogen and oxygen atoms in total. The summed E-state index contributed by atoms with van der Waals surface area (Å²) in [4.78, 5) is 50.7. The van der Waals surface area contributed by atoms with Crippen LogP contribution in [0.5, 0.6) is 0 Å². The van der Waals surface area contributed by atoms with Crippen LogP contribution < -0.4 is 0 Å². The lowest BCUT2D eigenvalue weighted by atomic mass is 10.2. The van der Waals surface area contributed by atoms with E-state index in [4.69, 9.17) is 17.3 Å². The first-order valence-corrected chi connectivity index (χ1v) is 9.61. The molecule has 2 fully saturated rings. The number of benzene rings is 1. The topological polar surface area (TPSA) is 95.0 Å². The maximum absolute atomic E-state index is 12.7. The highest BCUT2D eigenvalue weighted by Crippen LogP contribution is 2.35. The first-order valence-electron chi connectivity index (χ1n) is 8.38. The second-order valence-electron chi connectivity index (χ2n) is 6.18. The van der Waals surface area contributed by atoms with Crippen molar-refractivity contribution in [3.8, 4) is 0 Å². The zero-order chi connectivity index (χ0) is 20.4. The summed E-state index contributed by atoms with van der Waals surface area (Å²) in [5, 5.41) is 9.09. The van der Waals surface area contributed by atoms with E-state index in [1.807, 2.05) is 36.4 Å². The van der Waals surface area contributed by atoms with Gasteiger partial charge in [-0.1, -0.05) is 66.5 Å². The molecule has 0 unspecified atom stereocenters. The minimum atomic E-state index is -1.30. The van der Waals surface area contributed by atoms with Crippen molar-refractivity contribution in [3.63, 3.8) is 0 Å². The summed E-state index contributed by atoms with van der Waals surface area (Å²) < 4.78 is 0.167. The van der Waals surface area contributed by atoms with Crippen LogP contribution in [-0.2, 0) is 19.2 Å². The number of nitrogens with zero attached hydrogens (tertiary/aromatic N) is 2. The minimum absolute atomic E-state index is 0.167. The van der Waals surface area contributed by atoms with Crippen LogP contribution in [0.4, 0.5) is 0 Å². The Morgan fingerprint density at radius 2 is 1.96 bits per heavy atom. The number of carboxylic acids is 1. The predicted octanol–water partition coefficient (Wildman–Crippen LogP) is 2.04. The summed E-state index contributed by atoms with van der Waals surface area (Å²) in [7, 11) is 0. The predicted molar refractivity (Wildman–Crippen MR) is 108 cm³/mol. The van der Waals surface area contributed by atoms with Crippen molar-refractivity contribution in [2.45, 2.75) is 25.4 Å². The Hall–Kier alpha value is -2.78. The van der Waals surface area contributed by atoms with Crippen molar-refractivity contribution in [3.05, 3.63) is 53.0 Å². The van der Waals surface area contributed by atoms with E-state index in [9.17, 15) is 19.2 Å². The van der Waals surface area contributed by atoms with E-state index in [-0.39, 0.29) is 10.7 Å². The van der Waals surface area contributed by atoms with Gasteiger partial charge in [0.1, 0.15) is 16.4 Å². The molecule has 2 atom stereocenters. The SMILES string of the molecule is C[C@@H](C(=O)O)N1C(=O)C[C@H](N2C(=O)/C(=C/C=C/c3ccccc3)SC2=S)C1=O. The fourth-order valence-corrected chi connectivity index (χ4v) is 4.24. The number of hydrogen-bond donors (Lipinski definition) is 1. The number of likely N-dealkylation sites (tertiary alicyclic amines) is 1. The smallest absolute Gasteiger partial charge is 0.326 e. The first kappa shape index (κ1) is 20.0. The first-order chi connectivity index (χ1) is 13.3. The van der Waals surface area contributed by atoms with Crippen LogP contribution in [0.2, 0.25) is 0 Å². The average Bonchev–Trinajstić information content (AvgIpc) is 3.10. The van der Waals surface area contributed by atoms with Gasteiger partial charge in [-0.25, -0.2) is 4.79 Å². The third-order valence-corrected chi connectivity index (χ3v) is 5.72. The van der Waals surface area contributed by atoms with Gasteiger partial charge in [-0.15, -0.1) is 0 Å². The number of thioether (sulfide) groups is 1. The summed E-state index contributed by atoms with van der Waals surface area (Å²) in [5.41, 5.74) is 0.962. The van der Waals surface area contributed by atoms with Gasteiger partial charge < -0.3 is 5.11 Å².